The van der Waals surface area contributed by atoms with Crippen LogP contribution in [0.15, 0.2) is 51.7 Å². The predicted molar refractivity (Wildman–Crippen MR) is 127 cm³/mol. The number of nitrogens with zero attached hydrogens (tertiary/aromatic N) is 1. The van der Waals surface area contributed by atoms with Crippen molar-refractivity contribution < 1.29 is 22.4 Å². The minimum atomic E-state index is -3.22. The lowest BCUT2D eigenvalue weighted by molar-refractivity contribution is 0.0648. The molecule has 33 heavy (non-hydrogen) atoms. The fraction of sp³-hybridized carbons (Fsp3) is 0.360. The molecule has 1 aromatic heterocycles. The van der Waals surface area contributed by atoms with E-state index in [-0.39, 0.29) is 29.2 Å². The van der Waals surface area contributed by atoms with Crippen LogP contribution in [0.5, 0.6) is 5.75 Å². The summed E-state index contributed by atoms with van der Waals surface area (Å²) >= 11 is 0. The molecule has 4 rings (SSSR count). The zero-order chi connectivity index (χ0) is 23.8. The van der Waals surface area contributed by atoms with E-state index in [4.69, 9.17) is 9.15 Å². The first-order valence-corrected chi connectivity index (χ1v) is 12.8. The summed E-state index contributed by atoms with van der Waals surface area (Å²) in [5, 5.41) is 0.413. The second-order valence-corrected chi connectivity index (χ2v) is 10.7. The number of amides is 1. The zero-order valence-corrected chi connectivity index (χ0v) is 19.8. The van der Waals surface area contributed by atoms with Crippen molar-refractivity contribution in [3.05, 3.63) is 75.1 Å². The van der Waals surface area contributed by atoms with E-state index >= 15 is 0 Å². The summed E-state index contributed by atoms with van der Waals surface area (Å²) in [6, 6.07) is 11.6. The Kier molecular flexibility index (Phi) is 6.30. The lowest BCUT2D eigenvalue weighted by Crippen LogP contribution is -2.40. The molecule has 0 N–H and O–H groups in total. The van der Waals surface area contributed by atoms with Gasteiger partial charge in [0, 0.05) is 18.7 Å². The lowest BCUT2D eigenvalue weighted by Gasteiger charge is -2.28. The van der Waals surface area contributed by atoms with Crippen LogP contribution in [0, 0.1) is 13.8 Å². The Hall–Kier alpha value is -3.13. The fourth-order valence-corrected chi connectivity index (χ4v) is 5.87. The van der Waals surface area contributed by atoms with Crippen LogP contribution >= 0.6 is 0 Å². The molecule has 1 aliphatic rings. The molecule has 7 nitrogen and oxygen atoms in total. The molecule has 1 fully saturated rings. The Bertz CT molecular complexity index is 1360. The zero-order valence-electron chi connectivity index (χ0n) is 19.0. The average molecular weight is 470 g/mol. The van der Waals surface area contributed by atoms with E-state index in [0.717, 1.165) is 16.7 Å². The summed E-state index contributed by atoms with van der Waals surface area (Å²) in [6.07, 6.45) is 0.348. The largest absolute Gasteiger partial charge is 0.494 e. The highest BCUT2D eigenvalue weighted by Gasteiger charge is 2.36. The van der Waals surface area contributed by atoms with E-state index in [1.54, 1.807) is 6.07 Å². The summed E-state index contributed by atoms with van der Waals surface area (Å²) in [5.41, 5.74) is 2.64. The molecule has 0 bridgehead atoms. The summed E-state index contributed by atoms with van der Waals surface area (Å²) in [4.78, 5) is 27.8. The van der Waals surface area contributed by atoms with Gasteiger partial charge in [-0.3, -0.25) is 9.59 Å². The van der Waals surface area contributed by atoms with Gasteiger partial charge in [-0.2, -0.15) is 0 Å². The Balaban J connectivity index is 1.73. The molecule has 2 aromatic carbocycles. The van der Waals surface area contributed by atoms with E-state index < -0.39 is 21.8 Å². The average Bonchev–Trinajstić information content (AvgIpc) is 3.15. The van der Waals surface area contributed by atoms with Gasteiger partial charge in [0.05, 0.1) is 23.5 Å². The molecule has 8 heteroatoms. The van der Waals surface area contributed by atoms with E-state index in [2.05, 4.69) is 0 Å². The highest BCUT2D eigenvalue weighted by atomic mass is 32.2. The Morgan fingerprint density at radius 2 is 1.88 bits per heavy atom. The highest BCUT2D eigenvalue weighted by Crippen LogP contribution is 2.25. The molecule has 0 spiro atoms. The third kappa shape index (κ3) is 4.80. The van der Waals surface area contributed by atoms with Gasteiger partial charge in [0.2, 0.25) is 0 Å². The first-order chi connectivity index (χ1) is 15.7. The topological polar surface area (TPSA) is 93.9 Å². The quantitative estimate of drug-likeness (QED) is 0.547. The Labute approximate surface area is 192 Å². The van der Waals surface area contributed by atoms with Gasteiger partial charge in [0.15, 0.2) is 21.0 Å². The molecule has 0 radical (unpaired) electrons. The monoisotopic (exact) mass is 469 g/mol. The molecule has 174 valence electrons. The van der Waals surface area contributed by atoms with Crippen LogP contribution in [0.4, 0.5) is 0 Å². The van der Waals surface area contributed by atoms with Crippen LogP contribution in [-0.4, -0.2) is 43.4 Å². The van der Waals surface area contributed by atoms with Gasteiger partial charge in [0.25, 0.3) is 5.91 Å². The first kappa shape index (κ1) is 23.0. The van der Waals surface area contributed by atoms with Crippen LogP contribution in [0.1, 0.15) is 40.6 Å². The molecule has 0 saturated carbocycles. The van der Waals surface area contributed by atoms with Gasteiger partial charge < -0.3 is 14.1 Å². The molecule has 1 saturated heterocycles. The van der Waals surface area contributed by atoms with E-state index in [1.807, 2.05) is 51.1 Å². The van der Waals surface area contributed by atoms with Crippen LogP contribution < -0.4 is 10.2 Å². The van der Waals surface area contributed by atoms with Crippen LogP contribution in [0.25, 0.3) is 11.0 Å². The smallest absolute Gasteiger partial charge is 0.290 e. The van der Waals surface area contributed by atoms with Crippen molar-refractivity contribution in [2.24, 2.45) is 0 Å². The SMILES string of the molecule is CCOc1ccc(CN(C(=O)c2cc(=O)c3ccc(C)c(C)c3o2)[C@@H]2CCS(=O)(=O)C2)cc1. The van der Waals surface area contributed by atoms with E-state index in [1.165, 1.54) is 11.0 Å². The third-order valence-corrected chi connectivity index (χ3v) is 7.87. The maximum Gasteiger partial charge on any atom is 0.290 e. The van der Waals surface area contributed by atoms with Crippen LogP contribution in [0.2, 0.25) is 0 Å². The van der Waals surface area contributed by atoms with Crippen LogP contribution in [-0.2, 0) is 16.4 Å². The summed E-state index contributed by atoms with van der Waals surface area (Å²) < 4.78 is 35.7. The highest BCUT2D eigenvalue weighted by molar-refractivity contribution is 7.91. The van der Waals surface area contributed by atoms with Crippen molar-refractivity contribution in [2.45, 2.75) is 39.8 Å². The number of carbonyl (C=O) groups excluding carboxylic acids is 1. The second-order valence-electron chi connectivity index (χ2n) is 8.43. The number of aryl methyl sites for hydroxylation is 2. The summed E-state index contributed by atoms with van der Waals surface area (Å²) in [5.74, 6) is 0.0624. The van der Waals surface area contributed by atoms with Crippen molar-refractivity contribution in [1.29, 1.82) is 0 Å². The molecule has 1 aliphatic heterocycles. The number of fused-ring (bicyclic) bond motifs is 1. The number of hydrogen-bond donors (Lipinski definition) is 0. The third-order valence-electron chi connectivity index (χ3n) is 6.12. The van der Waals surface area contributed by atoms with Gasteiger partial charge >= 0.3 is 0 Å². The first-order valence-electron chi connectivity index (χ1n) is 11.0. The van der Waals surface area contributed by atoms with E-state index in [9.17, 15) is 18.0 Å². The number of rotatable bonds is 6. The number of sulfone groups is 1. The molecule has 0 unspecified atom stereocenters. The minimum Gasteiger partial charge on any atom is -0.494 e. The molecule has 3 aromatic rings. The molecule has 1 atom stereocenters. The van der Waals surface area contributed by atoms with Gasteiger partial charge in [-0.1, -0.05) is 18.2 Å². The summed E-state index contributed by atoms with van der Waals surface area (Å²) in [7, 11) is -3.22. The number of carbonyl (C=O) groups is 1. The molecular formula is C25H27NO6S. The van der Waals surface area contributed by atoms with Crippen LogP contribution in [0.3, 0.4) is 0 Å². The van der Waals surface area contributed by atoms with Crippen molar-refractivity contribution >= 4 is 26.7 Å². The summed E-state index contributed by atoms with van der Waals surface area (Å²) in [6.45, 7) is 6.39. The maximum atomic E-state index is 13.6. The van der Waals surface area contributed by atoms with Gasteiger partial charge in [-0.25, -0.2) is 8.42 Å². The standard InChI is InChI=1S/C25H27NO6S/c1-4-31-20-8-6-18(7-9-20)14-26(19-11-12-33(29,30)15-19)25(28)23-13-22(27)21-10-5-16(2)17(3)24(21)32-23/h5-10,13,19H,4,11-12,14-15H2,1-3H3/t19-/m1/s1. The molecule has 2 heterocycles. The Morgan fingerprint density at radius 1 is 1.15 bits per heavy atom. The van der Waals surface area contributed by atoms with Crippen molar-refractivity contribution in [2.75, 3.05) is 18.1 Å². The number of hydrogen-bond acceptors (Lipinski definition) is 6. The number of benzene rings is 2. The van der Waals surface area contributed by atoms with Gasteiger partial charge in [-0.05, 0) is 62.1 Å². The van der Waals surface area contributed by atoms with Crippen molar-refractivity contribution in [3.63, 3.8) is 0 Å². The normalized spacial score (nSPS) is 17.2. The number of ether oxygens (including phenoxy) is 1. The fourth-order valence-electron chi connectivity index (χ4n) is 4.14. The molecule has 1 amide bonds. The second kappa shape index (κ2) is 9.02. The van der Waals surface area contributed by atoms with Gasteiger partial charge in [0.1, 0.15) is 11.3 Å². The van der Waals surface area contributed by atoms with Gasteiger partial charge in [-0.15, -0.1) is 0 Å². The Morgan fingerprint density at radius 3 is 2.52 bits per heavy atom. The molecule has 0 aliphatic carbocycles. The maximum absolute atomic E-state index is 13.6. The minimum absolute atomic E-state index is 0.0324. The van der Waals surface area contributed by atoms with E-state index in [0.29, 0.717) is 29.7 Å². The van der Waals surface area contributed by atoms with Crippen molar-refractivity contribution in [1.82, 2.24) is 4.90 Å². The molecular weight excluding hydrogens is 442 g/mol. The lowest BCUT2D eigenvalue weighted by atomic mass is 10.1. The predicted octanol–water partition coefficient (Wildman–Crippen LogP) is 3.64. The van der Waals surface area contributed by atoms with Crippen molar-refractivity contribution in [3.8, 4) is 5.75 Å².